The molecule has 0 bridgehead atoms. The van der Waals surface area contributed by atoms with E-state index in [1.807, 2.05) is 13.8 Å². The third kappa shape index (κ3) is 2.65. The highest BCUT2D eigenvalue weighted by atomic mass is 16.5. The second kappa shape index (κ2) is 4.72. The van der Waals surface area contributed by atoms with Crippen molar-refractivity contribution in [3.8, 4) is 0 Å². The highest BCUT2D eigenvalue weighted by molar-refractivity contribution is 5.90. The summed E-state index contributed by atoms with van der Waals surface area (Å²) < 4.78 is 4.90. The molecule has 1 aromatic heterocycles. The van der Waals surface area contributed by atoms with Crippen molar-refractivity contribution < 1.29 is 9.53 Å². The lowest BCUT2D eigenvalue weighted by Gasteiger charge is -2.10. The zero-order valence-electron chi connectivity index (χ0n) is 9.15. The predicted octanol–water partition coefficient (Wildman–Crippen LogP) is 1.36. The molecule has 5 nitrogen and oxygen atoms in total. The van der Waals surface area contributed by atoms with E-state index in [4.69, 9.17) is 10.5 Å². The Morgan fingerprint density at radius 1 is 1.60 bits per heavy atom. The van der Waals surface area contributed by atoms with E-state index in [0.717, 1.165) is 0 Å². The molecule has 2 N–H and O–H groups in total. The summed E-state index contributed by atoms with van der Waals surface area (Å²) in [6, 6.07) is 0. The highest BCUT2D eigenvalue weighted by Crippen LogP contribution is 2.17. The SMILES string of the molecule is CCOC(=O)c1cnc(N)nc1C(C)C. The quantitative estimate of drug-likeness (QED) is 0.760. The normalized spacial score (nSPS) is 10.4. The third-order valence-corrected chi connectivity index (χ3v) is 1.88. The van der Waals surface area contributed by atoms with Crippen LogP contribution in [0, 0.1) is 0 Å². The van der Waals surface area contributed by atoms with E-state index in [2.05, 4.69) is 9.97 Å². The van der Waals surface area contributed by atoms with Crippen LogP contribution in [0.5, 0.6) is 0 Å². The Morgan fingerprint density at radius 3 is 2.80 bits per heavy atom. The summed E-state index contributed by atoms with van der Waals surface area (Å²) in [6.45, 7) is 5.96. The van der Waals surface area contributed by atoms with Crippen LogP contribution in [0.4, 0.5) is 5.95 Å². The summed E-state index contributed by atoms with van der Waals surface area (Å²) >= 11 is 0. The Labute approximate surface area is 88.7 Å². The van der Waals surface area contributed by atoms with E-state index < -0.39 is 5.97 Å². The lowest BCUT2D eigenvalue weighted by Crippen LogP contribution is -2.13. The van der Waals surface area contributed by atoms with E-state index in [0.29, 0.717) is 17.9 Å². The molecule has 1 aromatic rings. The minimum atomic E-state index is -0.402. The summed E-state index contributed by atoms with van der Waals surface area (Å²) in [7, 11) is 0. The number of rotatable bonds is 3. The standard InChI is InChI=1S/C10H15N3O2/c1-4-15-9(14)7-5-12-10(11)13-8(7)6(2)3/h5-6H,4H2,1-3H3,(H2,11,12,13). The highest BCUT2D eigenvalue weighted by Gasteiger charge is 2.17. The van der Waals surface area contributed by atoms with Crippen LogP contribution in [0.3, 0.4) is 0 Å². The molecule has 1 rings (SSSR count). The maximum absolute atomic E-state index is 11.5. The first-order valence-electron chi connectivity index (χ1n) is 4.85. The van der Waals surface area contributed by atoms with Crippen LogP contribution in [0.1, 0.15) is 42.7 Å². The van der Waals surface area contributed by atoms with Crippen molar-refractivity contribution in [3.05, 3.63) is 17.5 Å². The summed E-state index contributed by atoms with van der Waals surface area (Å²) in [5.74, 6) is -0.123. The maximum Gasteiger partial charge on any atom is 0.341 e. The smallest absolute Gasteiger partial charge is 0.341 e. The first-order valence-corrected chi connectivity index (χ1v) is 4.85. The molecule has 0 aromatic carbocycles. The average Bonchev–Trinajstić information content (AvgIpc) is 2.17. The zero-order chi connectivity index (χ0) is 11.4. The van der Waals surface area contributed by atoms with Crippen LogP contribution in [-0.2, 0) is 4.74 Å². The molecule has 15 heavy (non-hydrogen) atoms. The molecule has 0 atom stereocenters. The number of nitrogens with two attached hydrogens (primary N) is 1. The number of hydrogen-bond donors (Lipinski definition) is 1. The topological polar surface area (TPSA) is 78.1 Å². The molecule has 0 aliphatic heterocycles. The van der Waals surface area contributed by atoms with Gasteiger partial charge in [0.05, 0.1) is 17.9 Å². The van der Waals surface area contributed by atoms with Gasteiger partial charge < -0.3 is 10.5 Å². The van der Waals surface area contributed by atoms with Gasteiger partial charge in [0.1, 0.15) is 0 Å². The number of carbonyl (C=O) groups excluding carboxylic acids is 1. The van der Waals surface area contributed by atoms with Crippen molar-refractivity contribution in [1.29, 1.82) is 0 Å². The third-order valence-electron chi connectivity index (χ3n) is 1.88. The number of anilines is 1. The van der Waals surface area contributed by atoms with Gasteiger partial charge in [-0.05, 0) is 12.8 Å². The van der Waals surface area contributed by atoms with Crippen molar-refractivity contribution in [1.82, 2.24) is 9.97 Å². The largest absolute Gasteiger partial charge is 0.462 e. The monoisotopic (exact) mass is 209 g/mol. The van der Waals surface area contributed by atoms with Crippen molar-refractivity contribution in [3.63, 3.8) is 0 Å². The molecule has 1 heterocycles. The van der Waals surface area contributed by atoms with E-state index in [1.54, 1.807) is 6.92 Å². The number of nitrogens with zero attached hydrogens (tertiary/aromatic N) is 2. The van der Waals surface area contributed by atoms with Gasteiger partial charge in [-0.15, -0.1) is 0 Å². The lowest BCUT2D eigenvalue weighted by molar-refractivity contribution is 0.0523. The molecule has 0 fully saturated rings. The van der Waals surface area contributed by atoms with E-state index >= 15 is 0 Å². The Kier molecular flexibility index (Phi) is 3.60. The molecular formula is C10H15N3O2. The minimum Gasteiger partial charge on any atom is -0.462 e. The molecule has 82 valence electrons. The molecule has 0 saturated carbocycles. The van der Waals surface area contributed by atoms with Crippen LogP contribution in [0.25, 0.3) is 0 Å². The van der Waals surface area contributed by atoms with Crippen LogP contribution in [0.2, 0.25) is 0 Å². The fourth-order valence-electron chi connectivity index (χ4n) is 1.22. The van der Waals surface area contributed by atoms with Gasteiger partial charge in [-0.25, -0.2) is 14.8 Å². The molecule has 0 spiro atoms. The van der Waals surface area contributed by atoms with E-state index in [1.165, 1.54) is 6.20 Å². The van der Waals surface area contributed by atoms with Crippen LogP contribution >= 0.6 is 0 Å². The van der Waals surface area contributed by atoms with Crippen LogP contribution < -0.4 is 5.73 Å². The second-order valence-electron chi connectivity index (χ2n) is 3.40. The molecule has 5 heteroatoms. The van der Waals surface area contributed by atoms with Gasteiger partial charge in [-0.3, -0.25) is 0 Å². The molecule has 0 amide bonds. The number of hydrogen-bond acceptors (Lipinski definition) is 5. The Balaban J connectivity index is 3.11. The van der Waals surface area contributed by atoms with Crippen molar-refractivity contribution in [2.24, 2.45) is 0 Å². The van der Waals surface area contributed by atoms with Crippen molar-refractivity contribution in [2.45, 2.75) is 26.7 Å². The van der Waals surface area contributed by atoms with Gasteiger partial charge in [-0.1, -0.05) is 13.8 Å². The van der Waals surface area contributed by atoms with Crippen LogP contribution in [-0.4, -0.2) is 22.5 Å². The second-order valence-corrected chi connectivity index (χ2v) is 3.40. The lowest BCUT2D eigenvalue weighted by atomic mass is 10.1. The van der Waals surface area contributed by atoms with Gasteiger partial charge in [-0.2, -0.15) is 0 Å². The van der Waals surface area contributed by atoms with Crippen molar-refractivity contribution in [2.75, 3.05) is 12.3 Å². The molecule has 0 aliphatic carbocycles. The number of nitrogen functional groups attached to an aromatic ring is 1. The van der Waals surface area contributed by atoms with Crippen LogP contribution in [0.15, 0.2) is 6.20 Å². The summed E-state index contributed by atoms with van der Waals surface area (Å²) in [5.41, 5.74) is 6.48. The van der Waals surface area contributed by atoms with E-state index in [9.17, 15) is 4.79 Å². The zero-order valence-corrected chi connectivity index (χ0v) is 9.15. The van der Waals surface area contributed by atoms with Crippen molar-refractivity contribution >= 4 is 11.9 Å². The number of esters is 1. The molecule has 0 unspecified atom stereocenters. The minimum absolute atomic E-state index is 0.106. The fourth-order valence-corrected chi connectivity index (χ4v) is 1.22. The van der Waals surface area contributed by atoms with E-state index in [-0.39, 0.29) is 11.9 Å². The average molecular weight is 209 g/mol. The summed E-state index contributed by atoms with van der Waals surface area (Å²) in [5, 5.41) is 0. The number of aromatic nitrogens is 2. The van der Waals surface area contributed by atoms with Gasteiger partial charge in [0.2, 0.25) is 5.95 Å². The summed E-state index contributed by atoms with van der Waals surface area (Å²) in [4.78, 5) is 19.4. The first-order chi connectivity index (χ1) is 7.06. The predicted molar refractivity (Wildman–Crippen MR) is 56.5 cm³/mol. The Hall–Kier alpha value is -1.65. The van der Waals surface area contributed by atoms with Gasteiger partial charge in [0, 0.05) is 6.20 Å². The van der Waals surface area contributed by atoms with Gasteiger partial charge >= 0.3 is 5.97 Å². The van der Waals surface area contributed by atoms with Gasteiger partial charge in [0.25, 0.3) is 0 Å². The number of carbonyl (C=O) groups is 1. The molecular weight excluding hydrogens is 194 g/mol. The molecule has 0 aliphatic rings. The fraction of sp³-hybridized carbons (Fsp3) is 0.500. The summed E-state index contributed by atoms with van der Waals surface area (Å²) in [6.07, 6.45) is 1.41. The molecule has 0 saturated heterocycles. The maximum atomic E-state index is 11.5. The Morgan fingerprint density at radius 2 is 2.27 bits per heavy atom. The Bertz CT molecular complexity index is 364. The number of ether oxygens (including phenoxy) is 1. The van der Waals surface area contributed by atoms with Gasteiger partial charge in [0.15, 0.2) is 0 Å². The first kappa shape index (κ1) is 11.4. The molecule has 0 radical (unpaired) electrons.